The van der Waals surface area contributed by atoms with Gasteiger partial charge in [0.05, 0.1) is 5.56 Å². The Bertz CT molecular complexity index is 845. The second kappa shape index (κ2) is 4.93. The van der Waals surface area contributed by atoms with Gasteiger partial charge < -0.3 is 9.73 Å². The first kappa shape index (κ1) is 13.2. The van der Waals surface area contributed by atoms with Crippen LogP contribution in [0.4, 0.5) is 18.9 Å². The number of amides is 1. The summed E-state index contributed by atoms with van der Waals surface area (Å²) in [5, 5.41) is 2.38. The number of nitrogens with zero attached hydrogens (tertiary/aromatic N) is 1. The van der Waals surface area contributed by atoms with Gasteiger partial charge in [-0.1, -0.05) is 0 Å². The van der Waals surface area contributed by atoms with E-state index in [2.05, 4.69) is 10.3 Å². The summed E-state index contributed by atoms with van der Waals surface area (Å²) in [4.78, 5) is 15.8. The second-order valence-electron chi connectivity index (χ2n) is 4.21. The van der Waals surface area contributed by atoms with Crippen LogP contribution < -0.4 is 5.32 Å². The molecule has 3 rings (SSSR count). The molecule has 0 radical (unpaired) electrons. The van der Waals surface area contributed by atoms with Crippen LogP contribution in [-0.4, -0.2) is 10.9 Å². The number of hydrogen-bond donors (Lipinski definition) is 1. The zero-order valence-electron chi connectivity index (χ0n) is 10.4. The first-order chi connectivity index (χ1) is 10.1. The van der Waals surface area contributed by atoms with Gasteiger partial charge in [0, 0.05) is 5.69 Å². The molecule has 1 heterocycles. The van der Waals surface area contributed by atoms with Gasteiger partial charge in [-0.15, -0.1) is 0 Å². The van der Waals surface area contributed by atoms with E-state index in [0.29, 0.717) is 22.9 Å². The highest BCUT2D eigenvalue weighted by Gasteiger charge is 2.19. The van der Waals surface area contributed by atoms with Gasteiger partial charge >= 0.3 is 0 Å². The summed E-state index contributed by atoms with van der Waals surface area (Å²) in [5.41, 5.74) is 0.755. The van der Waals surface area contributed by atoms with Gasteiger partial charge in [0.2, 0.25) is 0 Å². The third kappa shape index (κ3) is 2.33. The number of carbonyl (C=O) groups excluding carboxylic acids is 1. The van der Waals surface area contributed by atoms with E-state index in [1.54, 1.807) is 6.07 Å². The molecule has 2 aromatic carbocycles. The van der Waals surface area contributed by atoms with E-state index < -0.39 is 28.9 Å². The van der Waals surface area contributed by atoms with E-state index in [1.165, 1.54) is 18.5 Å². The molecule has 106 valence electrons. The van der Waals surface area contributed by atoms with E-state index in [1.807, 2.05) is 0 Å². The average molecular weight is 292 g/mol. The van der Waals surface area contributed by atoms with Gasteiger partial charge in [-0.3, -0.25) is 4.79 Å². The van der Waals surface area contributed by atoms with Crippen molar-refractivity contribution >= 4 is 22.7 Å². The number of hydrogen-bond acceptors (Lipinski definition) is 3. The van der Waals surface area contributed by atoms with Crippen molar-refractivity contribution in [2.45, 2.75) is 0 Å². The highest BCUT2D eigenvalue weighted by atomic mass is 19.2. The van der Waals surface area contributed by atoms with Crippen LogP contribution >= 0.6 is 0 Å². The van der Waals surface area contributed by atoms with Crippen LogP contribution in [0.2, 0.25) is 0 Å². The fraction of sp³-hybridized carbons (Fsp3) is 0. The molecule has 0 saturated carbocycles. The van der Waals surface area contributed by atoms with E-state index in [0.717, 1.165) is 6.07 Å². The van der Waals surface area contributed by atoms with Crippen LogP contribution in [0.25, 0.3) is 11.1 Å². The van der Waals surface area contributed by atoms with Crippen molar-refractivity contribution in [2.75, 3.05) is 5.32 Å². The molecule has 0 aliphatic carbocycles. The normalized spacial score (nSPS) is 10.8. The lowest BCUT2D eigenvalue weighted by Gasteiger charge is -2.06. The van der Waals surface area contributed by atoms with Crippen molar-refractivity contribution < 1.29 is 22.4 Å². The Morgan fingerprint density at radius 2 is 1.90 bits per heavy atom. The minimum absolute atomic E-state index is 0.325. The molecule has 3 aromatic rings. The molecule has 0 spiro atoms. The smallest absolute Gasteiger partial charge is 0.258 e. The SMILES string of the molecule is O=C(Nc1ccc2ocnc2c1)c1ccc(F)c(F)c1F. The summed E-state index contributed by atoms with van der Waals surface area (Å²) in [6.45, 7) is 0. The van der Waals surface area contributed by atoms with Crippen LogP contribution in [-0.2, 0) is 0 Å². The van der Waals surface area contributed by atoms with Crippen molar-refractivity contribution in [2.24, 2.45) is 0 Å². The predicted octanol–water partition coefficient (Wildman–Crippen LogP) is 3.50. The summed E-state index contributed by atoms with van der Waals surface area (Å²) in [6.07, 6.45) is 1.24. The monoisotopic (exact) mass is 292 g/mol. The molecule has 0 atom stereocenters. The maximum atomic E-state index is 13.5. The zero-order valence-corrected chi connectivity index (χ0v) is 10.4. The van der Waals surface area contributed by atoms with Crippen LogP contribution in [0.5, 0.6) is 0 Å². The van der Waals surface area contributed by atoms with E-state index in [-0.39, 0.29) is 0 Å². The van der Waals surface area contributed by atoms with Crippen LogP contribution in [0.1, 0.15) is 10.4 Å². The third-order valence-corrected chi connectivity index (χ3v) is 2.87. The molecule has 0 bridgehead atoms. The van der Waals surface area contributed by atoms with Gasteiger partial charge in [0.15, 0.2) is 29.4 Å². The van der Waals surface area contributed by atoms with Crippen molar-refractivity contribution in [3.8, 4) is 0 Å². The molecular formula is C14H7F3N2O2. The molecule has 0 saturated heterocycles. The number of oxazole rings is 1. The predicted molar refractivity (Wildman–Crippen MR) is 68.3 cm³/mol. The molecule has 7 heteroatoms. The fourth-order valence-corrected chi connectivity index (χ4v) is 1.84. The molecule has 21 heavy (non-hydrogen) atoms. The molecule has 1 amide bonds. The highest BCUT2D eigenvalue weighted by molar-refractivity contribution is 6.05. The number of anilines is 1. The Labute approximate surface area is 116 Å². The number of rotatable bonds is 2. The van der Waals surface area contributed by atoms with Gasteiger partial charge in [0.25, 0.3) is 5.91 Å². The van der Waals surface area contributed by atoms with Crippen molar-refractivity contribution in [1.29, 1.82) is 0 Å². The summed E-state index contributed by atoms with van der Waals surface area (Å²) in [5.74, 6) is -5.47. The third-order valence-electron chi connectivity index (χ3n) is 2.87. The van der Waals surface area contributed by atoms with E-state index >= 15 is 0 Å². The van der Waals surface area contributed by atoms with Crippen LogP contribution in [0, 0.1) is 17.5 Å². The summed E-state index contributed by atoms with van der Waals surface area (Å²) >= 11 is 0. The van der Waals surface area contributed by atoms with Crippen LogP contribution in [0.3, 0.4) is 0 Å². The quantitative estimate of drug-likeness (QED) is 0.735. The minimum Gasteiger partial charge on any atom is -0.443 e. The Kier molecular flexibility index (Phi) is 3.09. The second-order valence-corrected chi connectivity index (χ2v) is 4.21. The van der Waals surface area contributed by atoms with Crippen molar-refractivity contribution in [3.63, 3.8) is 0 Å². The molecular weight excluding hydrogens is 285 g/mol. The van der Waals surface area contributed by atoms with Crippen LogP contribution in [0.15, 0.2) is 41.1 Å². The number of benzene rings is 2. The van der Waals surface area contributed by atoms with E-state index in [4.69, 9.17) is 4.42 Å². The van der Waals surface area contributed by atoms with Crippen molar-refractivity contribution in [1.82, 2.24) is 4.98 Å². The van der Waals surface area contributed by atoms with Gasteiger partial charge in [-0.2, -0.15) is 0 Å². The Morgan fingerprint density at radius 3 is 2.71 bits per heavy atom. The Morgan fingerprint density at radius 1 is 1.10 bits per heavy atom. The number of nitrogens with one attached hydrogen (secondary N) is 1. The van der Waals surface area contributed by atoms with Crippen molar-refractivity contribution in [3.05, 3.63) is 59.7 Å². The number of carbonyl (C=O) groups is 1. The summed E-state index contributed by atoms with van der Waals surface area (Å²) < 4.78 is 44.5. The Balaban J connectivity index is 1.90. The molecule has 0 aliphatic rings. The summed E-state index contributed by atoms with van der Waals surface area (Å²) in [6, 6.07) is 6.16. The fourth-order valence-electron chi connectivity index (χ4n) is 1.84. The molecule has 0 fully saturated rings. The zero-order chi connectivity index (χ0) is 15.0. The van der Waals surface area contributed by atoms with Gasteiger partial charge in [0.1, 0.15) is 5.52 Å². The average Bonchev–Trinajstić information content (AvgIpc) is 2.92. The first-order valence-electron chi connectivity index (χ1n) is 5.84. The van der Waals surface area contributed by atoms with Gasteiger partial charge in [-0.05, 0) is 30.3 Å². The standard InChI is InChI=1S/C14H7F3N2O2/c15-9-3-2-8(12(16)13(9)17)14(20)19-7-1-4-11-10(5-7)18-6-21-11/h1-6H,(H,19,20). The van der Waals surface area contributed by atoms with Gasteiger partial charge in [-0.25, -0.2) is 18.2 Å². The molecule has 4 nitrogen and oxygen atoms in total. The highest BCUT2D eigenvalue weighted by Crippen LogP contribution is 2.20. The maximum Gasteiger partial charge on any atom is 0.258 e. The van der Waals surface area contributed by atoms with E-state index in [9.17, 15) is 18.0 Å². The molecule has 0 unspecified atom stereocenters. The topological polar surface area (TPSA) is 55.1 Å². The number of halogens is 3. The Hall–Kier alpha value is -2.83. The lowest BCUT2D eigenvalue weighted by atomic mass is 10.1. The molecule has 0 aliphatic heterocycles. The minimum atomic E-state index is -1.69. The maximum absolute atomic E-state index is 13.5. The largest absolute Gasteiger partial charge is 0.443 e. The molecule has 1 N–H and O–H groups in total. The molecule has 1 aromatic heterocycles. The first-order valence-corrected chi connectivity index (χ1v) is 5.84. The lowest BCUT2D eigenvalue weighted by molar-refractivity contribution is 0.102. The number of fused-ring (bicyclic) bond motifs is 1. The summed E-state index contributed by atoms with van der Waals surface area (Å²) in [7, 11) is 0. The number of aromatic nitrogens is 1. The lowest BCUT2D eigenvalue weighted by Crippen LogP contribution is -2.15.